The molecule has 0 saturated heterocycles. The first-order valence-corrected chi connectivity index (χ1v) is 12.1. The molecule has 1 atom stereocenters. The van der Waals surface area contributed by atoms with E-state index in [4.69, 9.17) is 14.8 Å². The monoisotopic (exact) mass is 446 g/mol. The topological polar surface area (TPSA) is 69.0 Å². The van der Waals surface area contributed by atoms with E-state index in [-0.39, 0.29) is 11.8 Å². The van der Waals surface area contributed by atoms with Gasteiger partial charge in [0.2, 0.25) is 11.1 Å². The molecule has 0 bridgehead atoms. The minimum absolute atomic E-state index is 0.184. The van der Waals surface area contributed by atoms with E-state index in [0.29, 0.717) is 24.1 Å². The second kappa shape index (κ2) is 9.20. The first kappa shape index (κ1) is 20.8. The number of fused-ring (bicyclic) bond motifs is 1. The van der Waals surface area contributed by atoms with E-state index in [0.717, 1.165) is 47.6 Å². The van der Waals surface area contributed by atoms with Gasteiger partial charge >= 0.3 is 0 Å². The highest BCUT2D eigenvalue weighted by molar-refractivity contribution is 7.98. The first-order chi connectivity index (χ1) is 15.7. The number of rotatable bonds is 7. The zero-order chi connectivity index (χ0) is 21.9. The van der Waals surface area contributed by atoms with Gasteiger partial charge in [0.25, 0.3) is 0 Å². The highest BCUT2D eigenvalue weighted by Gasteiger charge is 2.37. The van der Waals surface area contributed by atoms with Crippen LogP contribution in [-0.4, -0.2) is 27.2 Å². The minimum Gasteiger partial charge on any atom is -0.494 e. The van der Waals surface area contributed by atoms with Crippen molar-refractivity contribution in [2.45, 2.75) is 49.6 Å². The molecule has 1 aromatic heterocycles. The molecule has 1 unspecified atom stereocenters. The summed E-state index contributed by atoms with van der Waals surface area (Å²) in [4.78, 5) is 17.8. The molecule has 0 amide bonds. The lowest BCUT2D eigenvalue weighted by molar-refractivity contribution is -0.116. The Hall–Kier alpha value is -3.06. The number of carbonyl (C=O) groups is 1. The molecular weight excluding hydrogens is 420 g/mol. The molecule has 0 radical (unpaired) electrons. The van der Waals surface area contributed by atoms with Gasteiger partial charge in [0.05, 0.1) is 6.61 Å². The highest BCUT2D eigenvalue weighted by Crippen LogP contribution is 2.41. The Balaban J connectivity index is 1.50. The molecule has 0 saturated carbocycles. The summed E-state index contributed by atoms with van der Waals surface area (Å²) >= 11 is 1.60. The van der Waals surface area contributed by atoms with Gasteiger partial charge in [-0.1, -0.05) is 61.2 Å². The molecule has 5 rings (SSSR count). The van der Waals surface area contributed by atoms with Crippen molar-refractivity contribution in [3.05, 3.63) is 77.0 Å². The van der Waals surface area contributed by atoms with Crippen LogP contribution in [0.2, 0.25) is 0 Å². The number of anilines is 1. The molecule has 0 fully saturated rings. The third-order valence-electron chi connectivity index (χ3n) is 5.71. The SMILES string of the molecule is CCCOc1cccc(C2C3=C(CCCC3=O)Nc3nc(SCc4ccccc4)nn32)c1. The van der Waals surface area contributed by atoms with Crippen LogP contribution in [0.5, 0.6) is 5.75 Å². The van der Waals surface area contributed by atoms with Crippen LogP contribution in [0, 0.1) is 0 Å². The maximum absolute atomic E-state index is 13.0. The molecule has 2 aromatic carbocycles. The predicted octanol–water partition coefficient (Wildman–Crippen LogP) is 5.38. The van der Waals surface area contributed by atoms with Crippen LogP contribution in [0.1, 0.15) is 49.8 Å². The average Bonchev–Trinajstić information content (AvgIpc) is 3.23. The fraction of sp³-hybridized carbons (Fsp3) is 0.320. The van der Waals surface area contributed by atoms with Crippen LogP contribution in [0.25, 0.3) is 0 Å². The van der Waals surface area contributed by atoms with Gasteiger partial charge < -0.3 is 10.1 Å². The summed E-state index contributed by atoms with van der Waals surface area (Å²) in [5.74, 6) is 2.48. The van der Waals surface area contributed by atoms with Gasteiger partial charge in [-0.05, 0) is 42.5 Å². The lowest BCUT2D eigenvalue weighted by Gasteiger charge is -2.32. The second-order valence-electron chi connectivity index (χ2n) is 8.05. The van der Waals surface area contributed by atoms with E-state index in [9.17, 15) is 4.79 Å². The molecule has 2 aliphatic rings. The standard InChI is InChI=1S/C25H26N4O2S/c1-2-14-31-19-11-6-10-18(15-19)23-22-20(12-7-13-21(22)30)26-24-27-25(28-29(23)24)32-16-17-8-4-3-5-9-17/h3-6,8-11,15,23H,2,7,12-14,16H2,1H3,(H,26,27,28). The molecule has 2 heterocycles. The van der Waals surface area contributed by atoms with Crippen molar-refractivity contribution < 1.29 is 9.53 Å². The Labute approximate surface area is 192 Å². The second-order valence-corrected chi connectivity index (χ2v) is 9.00. The van der Waals surface area contributed by atoms with Crippen LogP contribution in [0.15, 0.2) is 71.0 Å². The molecule has 1 aliphatic carbocycles. The van der Waals surface area contributed by atoms with Gasteiger partial charge in [-0.3, -0.25) is 4.79 Å². The summed E-state index contributed by atoms with van der Waals surface area (Å²) in [5.41, 5.74) is 4.00. The van der Waals surface area contributed by atoms with E-state index in [1.54, 1.807) is 11.8 Å². The Morgan fingerprint density at radius 2 is 2.03 bits per heavy atom. The number of nitrogens with one attached hydrogen (secondary N) is 1. The normalized spacial score (nSPS) is 17.5. The average molecular weight is 447 g/mol. The summed E-state index contributed by atoms with van der Waals surface area (Å²) < 4.78 is 7.73. The third kappa shape index (κ3) is 4.17. The summed E-state index contributed by atoms with van der Waals surface area (Å²) in [7, 11) is 0. The number of carbonyl (C=O) groups excluding carboxylic acids is 1. The molecule has 164 valence electrons. The molecule has 32 heavy (non-hydrogen) atoms. The van der Waals surface area contributed by atoms with Crippen LogP contribution >= 0.6 is 11.8 Å². The van der Waals surface area contributed by atoms with Crippen LogP contribution < -0.4 is 10.1 Å². The molecule has 7 heteroatoms. The van der Waals surface area contributed by atoms with Gasteiger partial charge in [0.15, 0.2) is 5.78 Å². The van der Waals surface area contributed by atoms with E-state index in [1.807, 2.05) is 47.1 Å². The molecule has 1 aliphatic heterocycles. The van der Waals surface area contributed by atoms with Gasteiger partial charge in [-0.2, -0.15) is 4.98 Å². The van der Waals surface area contributed by atoms with Gasteiger partial charge in [0.1, 0.15) is 11.8 Å². The van der Waals surface area contributed by atoms with Crippen LogP contribution in [-0.2, 0) is 10.5 Å². The molecule has 0 spiro atoms. The zero-order valence-corrected chi connectivity index (χ0v) is 18.9. The summed E-state index contributed by atoms with van der Waals surface area (Å²) in [6.45, 7) is 2.75. The highest BCUT2D eigenvalue weighted by atomic mass is 32.2. The van der Waals surface area contributed by atoms with E-state index in [1.165, 1.54) is 5.56 Å². The van der Waals surface area contributed by atoms with Crippen molar-refractivity contribution >= 4 is 23.5 Å². The zero-order valence-electron chi connectivity index (χ0n) is 18.1. The number of hydrogen-bond acceptors (Lipinski definition) is 6. The fourth-order valence-corrected chi connectivity index (χ4v) is 5.01. The minimum atomic E-state index is -0.294. The number of thioether (sulfide) groups is 1. The van der Waals surface area contributed by atoms with E-state index in [2.05, 4.69) is 24.4 Å². The predicted molar refractivity (Wildman–Crippen MR) is 126 cm³/mol. The third-order valence-corrected chi connectivity index (χ3v) is 6.61. The quantitative estimate of drug-likeness (QED) is 0.491. The molecular formula is C25H26N4O2S. The van der Waals surface area contributed by atoms with Crippen molar-refractivity contribution in [3.63, 3.8) is 0 Å². The van der Waals surface area contributed by atoms with Crippen molar-refractivity contribution in [3.8, 4) is 5.75 Å². The number of benzene rings is 2. The Bertz CT molecular complexity index is 1160. The van der Waals surface area contributed by atoms with Crippen molar-refractivity contribution in [1.29, 1.82) is 0 Å². The summed E-state index contributed by atoms with van der Waals surface area (Å²) in [6.07, 6.45) is 3.23. The number of ketones is 1. The summed E-state index contributed by atoms with van der Waals surface area (Å²) in [5, 5.41) is 8.92. The Kier molecular flexibility index (Phi) is 5.99. The van der Waals surface area contributed by atoms with Crippen LogP contribution in [0.3, 0.4) is 0 Å². The maximum Gasteiger partial charge on any atom is 0.227 e. The number of ether oxygens (including phenoxy) is 1. The van der Waals surface area contributed by atoms with Gasteiger partial charge in [0, 0.05) is 23.4 Å². The summed E-state index contributed by atoms with van der Waals surface area (Å²) in [6, 6.07) is 18.0. The number of hydrogen-bond donors (Lipinski definition) is 1. The smallest absolute Gasteiger partial charge is 0.227 e. The Morgan fingerprint density at radius 1 is 1.16 bits per heavy atom. The molecule has 1 N–H and O–H groups in total. The number of allylic oxidation sites excluding steroid dienone is 2. The van der Waals surface area contributed by atoms with Gasteiger partial charge in [-0.15, -0.1) is 5.10 Å². The van der Waals surface area contributed by atoms with Crippen molar-refractivity contribution in [1.82, 2.24) is 14.8 Å². The van der Waals surface area contributed by atoms with Crippen LogP contribution in [0.4, 0.5) is 5.95 Å². The number of aromatic nitrogens is 3. The Morgan fingerprint density at radius 3 is 2.88 bits per heavy atom. The first-order valence-electron chi connectivity index (χ1n) is 11.1. The van der Waals surface area contributed by atoms with E-state index >= 15 is 0 Å². The van der Waals surface area contributed by atoms with Gasteiger partial charge in [-0.25, -0.2) is 4.68 Å². The lowest BCUT2D eigenvalue weighted by atomic mass is 9.85. The molecule has 3 aromatic rings. The van der Waals surface area contributed by atoms with Crippen molar-refractivity contribution in [2.75, 3.05) is 11.9 Å². The number of Topliss-reactive ketones (excluding diaryl/α,β-unsaturated/α-hetero) is 1. The number of nitrogens with zero attached hydrogens (tertiary/aromatic N) is 3. The molecule has 6 nitrogen and oxygen atoms in total. The maximum atomic E-state index is 13.0. The largest absolute Gasteiger partial charge is 0.494 e. The lowest BCUT2D eigenvalue weighted by Crippen LogP contribution is -2.31. The van der Waals surface area contributed by atoms with E-state index < -0.39 is 0 Å². The van der Waals surface area contributed by atoms with Crippen molar-refractivity contribution in [2.24, 2.45) is 0 Å². The fourth-order valence-electron chi connectivity index (χ4n) is 4.22.